The van der Waals surface area contributed by atoms with E-state index in [4.69, 9.17) is 0 Å². The van der Waals surface area contributed by atoms with Gasteiger partial charge in [0.15, 0.2) is 0 Å². The maximum absolute atomic E-state index is 11.2. The van der Waals surface area contributed by atoms with Crippen molar-refractivity contribution in [3.63, 3.8) is 0 Å². The summed E-state index contributed by atoms with van der Waals surface area (Å²) in [6, 6.07) is 7.53. The summed E-state index contributed by atoms with van der Waals surface area (Å²) in [6.07, 6.45) is 4.08. The first kappa shape index (κ1) is 11.9. The maximum Gasteiger partial charge on any atom is 0.224 e. The van der Waals surface area contributed by atoms with Crippen molar-refractivity contribution in [2.24, 2.45) is 0 Å². The van der Waals surface area contributed by atoms with Crippen molar-refractivity contribution >= 4 is 27.5 Å². The molecule has 0 saturated heterocycles. The van der Waals surface area contributed by atoms with Crippen molar-refractivity contribution in [2.75, 3.05) is 5.32 Å². The van der Waals surface area contributed by atoms with Gasteiger partial charge in [-0.3, -0.25) is 4.79 Å². The van der Waals surface area contributed by atoms with Crippen LogP contribution >= 0.6 is 15.9 Å². The summed E-state index contributed by atoms with van der Waals surface area (Å²) < 4.78 is 2.69. The summed E-state index contributed by atoms with van der Waals surface area (Å²) in [5.41, 5.74) is 1.75. The summed E-state index contributed by atoms with van der Waals surface area (Å²) in [6.45, 7) is 1.82. The summed E-state index contributed by atoms with van der Waals surface area (Å²) in [4.78, 5) is 11.2. The molecule has 1 N–H and O–H groups in total. The molecule has 5 heteroatoms. The molecule has 4 nitrogen and oxygen atoms in total. The maximum atomic E-state index is 11.2. The Morgan fingerprint density at radius 1 is 1.41 bits per heavy atom. The largest absolute Gasteiger partial charge is 0.326 e. The van der Waals surface area contributed by atoms with E-state index in [0.717, 1.165) is 15.8 Å². The highest BCUT2D eigenvalue weighted by Crippen LogP contribution is 2.15. The van der Waals surface area contributed by atoms with Crippen LogP contribution in [0.25, 0.3) is 5.69 Å². The van der Waals surface area contributed by atoms with E-state index in [0.29, 0.717) is 6.42 Å². The standard InChI is InChI=1S/C12H12BrN3O/c1-2-12(17)15-10-3-5-11(6-4-10)16-8-9(13)7-14-16/h3-8H,2H2,1H3,(H,15,17). The Hall–Kier alpha value is -1.62. The van der Waals surface area contributed by atoms with Gasteiger partial charge in [-0.05, 0) is 40.2 Å². The molecule has 0 bridgehead atoms. The number of anilines is 1. The van der Waals surface area contributed by atoms with Crippen LogP contribution in [0, 0.1) is 0 Å². The van der Waals surface area contributed by atoms with Crippen LogP contribution in [0.4, 0.5) is 5.69 Å². The minimum Gasteiger partial charge on any atom is -0.326 e. The number of nitrogens with one attached hydrogen (secondary N) is 1. The van der Waals surface area contributed by atoms with E-state index in [1.54, 1.807) is 10.9 Å². The van der Waals surface area contributed by atoms with Gasteiger partial charge in [-0.25, -0.2) is 4.68 Å². The minimum atomic E-state index is 0.0135. The zero-order chi connectivity index (χ0) is 12.3. The number of carbonyl (C=O) groups excluding carboxylic acids is 1. The van der Waals surface area contributed by atoms with Gasteiger partial charge in [-0.1, -0.05) is 6.92 Å². The molecule has 0 spiro atoms. The van der Waals surface area contributed by atoms with Gasteiger partial charge in [0.1, 0.15) is 0 Å². The fourth-order valence-corrected chi connectivity index (χ4v) is 1.67. The van der Waals surface area contributed by atoms with E-state index in [9.17, 15) is 4.79 Å². The molecule has 0 aliphatic heterocycles. The Morgan fingerprint density at radius 3 is 2.65 bits per heavy atom. The number of hydrogen-bond acceptors (Lipinski definition) is 2. The third-order valence-corrected chi connectivity index (χ3v) is 2.70. The number of rotatable bonds is 3. The van der Waals surface area contributed by atoms with Crippen molar-refractivity contribution in [2.45, 2.75) is 13.3 Å². The van der Waals surface area contributed by atoms with Gasteiger partial charge in [0.25, 0.3) is 0 Å². The quantitative estimate of drug-likeness (QED) is 0.946. The number of benzene rings is 1. The molecular formula is C12H12BrN3O. The van der Waals surface area contributed by atoms with E-state index in [1.807, 2.05) is 37.4 Å². The van der Waals surface area contributed by atoms with Gasteiger partial charge in [-0.15, -0.1) is 0 Å². The molecule has 0 radical (unpaired) electrons. The zero-order valence-corrected chi connectivity index (χ0v) is 10.9. The van der Waals surface area contributed by atoms with Crippen molar-refractivity contribution in [1.29, 1.82) is 0 Å². The van der Waals surface area contributed by atoms with Crippen molar-refractivity contribution in [3.05, 3.63) is 41.1 Å². The topological polar surface area (TPSA) is 46.9 Å². The first-order valence-corrected chi connectivity index (χ1v) is 6.09. The van der Waals surface area contributed by atoms with Gasteiger partial charge in [-0.2, -0.15) is 5.10 Å². The molecule has 88 valence electrons. The lowest BCUT2D eigenvalue weighted by Gasteiger charge is -2.05. The number of halogens is 1. The summed E-state index contributed by atoms with van der Waals surface area (Å²) in [5, 5.41) is 6.97. The second kappa shape index (κ2) is 5.14. The summed E-state index contributed by atoms with van der Waals surface area (Å²) in [5.74, 6) is 0.0135. The molecule has 0 atom stereocenters. The fourth-order valence-electron chi connectivity index (χ4n) is 1.39. The van der Waals surface area contributed by atoms with E-state index < -0.39 is 0 Å². The Labute approximate surface area is 108 Å². The third kappa shape index (κ3) is 2.94. The molecule has 1 aromatic carbocycles. The molecule has 1 amide bonds. The molecule has 0 unspecified atom stereocenters. The van der Waals surface area contributed by atoms with E-state index in [2.05, 4.69) is 26.3 Å². The summed E-state index contributed by atoms with van der Waals surface area (Å²) >= 11 is 3.35. The molecule has 0 saturated carbocycles. The lowest BCUT2D eigenvalue weighted by atomic mass is 10.2. The molecule has 1 aromatic heterocycles. The number of carbonyl (C=O) groups is 1. The molecule has 17 heavy (non-hydrogen) atoms. The van der Waals surface area contributed by atoms with Gasteiger partial charge in [0.05, 0.1) is 16.4 Å². The number of aromatic nitrogens is 2. The second-order valence-electron chi connectivity index (χ2n) is 3.55. The van der Waals surface area contributed by atoms with Crippen LogP contribution in [-0.2, 0) is 4.79 Å². The monoisotopic (exact) mass is 293 g/mol. The number of amides is 1. The van der Waals surface area contributed by atoms with Crippen LogP contribution in [-0.4, -0.2) is 15.7 Å². The predicted molar refractivity (Wildman–Crippen MR) is 70.2 cm³/mol. The van der Waals surface area contributed by atoms with Gasteiger partial charge in [0, 0.05) is 18.3 Å². The SMILES string of the molecule is CCC(=O)Nc1ccc(-n2cc(Br)cn2)cc1. The molecule has 0 aliphatic rings. The molecular weight excluding hydrogens is 282 g/mol. The van der Waals surface area contributed by atoms with Crippen molar-refractivity contribution in [3.8, 4) is 5.69 Å². The molecule has 0 fully saturated rings. The van der Waals surface area contributed by atoms with E-state index in [1.165, 1.54) is 0 Å². The van der Waals surface area contributed by atoms with Crippen LogP contribution < -0.4 is 5.32 Å². The molecule has 2 rings (SSSR count). The van der Waals surface area contributed by atoms with Crippen LogP contribution in [0.3, 0.4) is 0 Å². The second-order valence-corrected chi connectivity index (χ2v) is 4.47. The average molecular weight is 294 g/mol. The Kier molecular flexibility index (Phi) is 3.58. The van der Waals surface area contributed by atoms with Crippen molar-refractivity contribution in [1.82, 2.24) is 9.78 Å². The van der Waals surface area contributed by atoms with Crippen molar-refractivity contribution < 1.29 is 4.79 Å². The number of hydrogen-bond donors (Lipinski definition) is 1. The minimum absolute atomic E-state index is 0.0135. The lowest BCUT2D eigenvalue weighted by molar-refractivity contribution is -0.115. The van der Waals surface area contributed by atoms with Gasteiger partial charge >= 0.3 is 0 Å². The smallest absolute Gasteiger partial charge is 0.224 e. The zero-order valence-electron chi connectivity index (χ0n) is 9.35. The summed E-state index contributed by atoms with van der Waals surface area (Å²) in [7, 11) is 0. The van der Waals surface area contributed by atoms with Gasteiger partial charge < -0.3 is 5.32 Å². The fraction of sp³-hybridized carbons (Fsp3) is 0.167. The first-order chi connectivity index (χ1) is 8.19. The normalized spacial score (nSPS) is 10.2. The highest BCUT2D eigenvalue weighted by molar-refractivity contribution is 9.10. The lowest BCUT2D eigenvalue weighted by Crippen LogP contribution is -2.09. The van der Waals surface area contributed by atoms with Crippen LogP contribution in [0.5, 0.6) is 0 Å². The highest BCUT2D eigenvalue weighted by Gasteiger charge is 2.01. The average Bonchev–Trinajstić information content (AvgIpc) is 2.77. The number of nitrogens with zero attached hydrogens (tertiary/aromatic N) is 2. The Morgan fingerprint density at radius 2 is 2.12 bits per heavy atom. The van der Waals surface area contributed by atoms with Crippen LogP contribution in [0.15, 0.2) is 41.1 Å². The predicted octanol–water partition coefficient (Wildman–Crippen LogP) is 2.98. The molecule has 1 heterocycles. The van der Waals surface area contributed by atoms with Gasteiger partial charge in [0.2, 0.25) is 5.91 Å². The Balaban J connectivity index is 2.15. The van der Waals surface area contributed by atoms with Crippen LogP contribution in [0.2, 0.25) is 0 Å². The Bertz CT molecular complexity index is 519. The molecule has 2 aromatic rings. The van der Waals surface area contributed by atoms with E-state index >= 15 is 0 Å². The highest BCUT2D eigenvalue weighted by atomic mass is 79.9. The third-order valence-electron chi connectivity index (χ3n) is 2.29. The van der Waals surface area contributed by atoms with E-state index in [-0.39, 0.29) is 5.91 Å². The molecule has 0 aliphatic carbocycles. The van der Waals surface area contributed by atoms with Crippen LogP contribution in [0.1, 0.15) is 13.3 Å². The first-order valence-electron chi connectivity index (χ1n) is 5.29.